The molecule has 2 aromatic carbocycles. The zero-order valence-corrected chi connectivity index (χ0v) is 24.4. The van der Waals surface area contributed by atoms with E-state index in [0.29, 0.717) is 57.7 Å². The Morgan fingerprint density at radius 1 is 0.864 bits per heavy atom. The van der Waals surface area contributed by atoms with Gasteiger partial charge in [0.05, 0.1) is 41.7 Å². The summed E-state index contributed by atoms with van der Waals surface area (Å²) in [5, 5.41) is 6.76. The van der Waals surface area contributed by atoms with Crippen LogP contribution in [0.1, 0.15) is 63.8 Å². The largest absolute Gasteiger partial charge is 0.493 e. The lowest BCUT2D eigenvalue weighted by Crippen LogP contribution is -2.30. The fraction of sp³-hybridized carbons (Fsp3) is 0.229. The van der Waals surface area contributed by atoms with Crippen molar-refractivity contribution in [2.45, 2.75) is 31.7 Å². The lowest BCUT2D eigenvalue weighted by molar-refractivity contribution is 0.0940. The second-order valence-electron chi connectivity index (χ2n) is 10.8. The highest BCUT2D eigenvalue weighted by Crippen LogP contribution is 2.34. The Labute approximate surface area is 255 Å². The van der Waals surface area contributed by atoms with Crippen molar-refractivity contribution in [2.75, 3.05) is 19.0 Å². The third-order valence-corrected chi connectivity index (χ3v) is 7.83. The zero-order chi connectivity index (χ0) is 30.3. The number of fused-ring (bicyclic) bond motifs is 1. The van der Waals surface area contributed by atoms with Crippen LogP contribution in [0.4, 0.5) is 5.69 Å². The molecule has 222 valence electrons. The number of ether oxygens (including phenoxy) is 2. The van der Waals surface area contributed by atoms with E-state index in [1.165, 1.54) is 19.0 Å². The predicted molar refractivity (Wildman–Crippen MR) is 168 cm³/mol. The van der Waals surface area contributed by atoms with E-state index in [1.807, 2.05) is 42.5 Å². The maximum Gasteiger partial charge on any atom is 0.259 e. The van der Waals surface area contributed by atoms with Crippen LogP contribution in [0.15, 0.2) is 97.5 Å². The molecule has 1 aliphatic carbocycles. The van der Waals surface area contributed by atoms with Crippen molar-refractivity contribution in [2.24, 2.45) is 5.92 Å². The monoisotopic (exact) mass is 587 g/mol. The molecule has 0 radical (unpaired) electrons. The van der Waals surface area contributed by atoms with Crippen molar-refractivity contribution >= 4 is 28.4 Å². The molecule has 1 fully saturated rings. The summed E-state index contributed by atoms with van der Waals surface area (Å²) in [4.78, 5) is 40.1. The van der Waals surface area contributed by atoms with Crippen LogP contribution in [0.2, 0.25) is 0 Å². The van der Waals surface area contributed by atoms with E-state index in [0.717, 1.165) is 18.2 Å². The highest BCUT2D eigenvalue weighted by atomic mass is 16.5. The molecule has 3 heterocycles. The second kappa shape index (κ2) is 13.3. The van der Waals surface area contributed by atoms with Gasteiger partial charge >= 0.3 is 0 Å². The van der Waals surface area contributed by atoms with Crippen LogP contribution >= 0.6 is 0 Å². The number of aromatic nitrogens is 3. The molecule has 0 spiro atoms. The summed E-state index contributed by atoms with van der Waals surface area (Å²) in [6.07, 6.45) is 9.60. The zero-order valence-electron chi connectivity index (χ0n) is 24.4. The van der Waals surface area contributed by atoms with E-state index >= 15 is 0 Å². The first-order chi connectivity index (χ1) is 21.6. The fourth-order valence-corrected chi connectivity index (χ4v) is 5.51. The first kappa shape index (κ1) is 28.8. The first-order valence-electron chi connectivity index (χ1n) is 14.7. The SMILES string of the molecule is COc1cccc(C(=O)Nc2ccc3cc(C(=O)NC(c4ccccn4)c4ccccn4)cnc3c2)c1OCC1CCCC1. The van der Waals surface area contributed by atoms with Gasteiger partial charge in [-0.1, -0.05) is 37.1 Å². The number of carbonyl (C=O) groups excluding carboxylic acids is 2. The van der Waals surface area contributed by atoms with E-state index < -0.39 is 6.04 Å². The summed E-state index contributed by atoms with van der Waals surface area (Å²) in [5.74, 6) is 0.848. The van der Waals surface area contributed by atoms with E-state index in [4.69, 9.17) is 9.47 Å². The van der Waals surface area contributed by atoms with Gasteiger partial charge in [0.1, 0.15) is 6.04 Å². The Bertz CT molecular complexity index is 1720. The number of amides is 2. The number of methoxy groups -OCH3 is 1. The van der Waals surface area contributed by atoms with Gasteiger partial charge in [0.2, 0.25) is 0 Å². The van der Waals surface area contributed by atoms with Crippen LogP contribution in [0.3, 0.4) is 0 Å². The summed E-state index contributed by atoms with van der Waals surface area (Å²) in [6, 6.07) is 23.0. The molecular formula is C35H33N5O4. The Balaban J connectivity index is 1.18. The van der Waals surface area contributed by atoms with E-state index in [9.17, 15) is 9.59 Å². The first-order valence-corrected chi connectivity index (χ1v) is 14.7. The number of hydrogen-bond acceptors (Lipinski definition) is 7. The van der Waals surface area contributed by atoms with Gasteiger partial charge < -0.3 is 20.1 Å². The third kappa shape index (κ3) is 6.52. The van der Waals surface area contributed by atoms with Crippen molar-refractivity contribution in [1.82, 2.24) is 20.3 Å². The molecule has 5 aromatic rings. The van der Waals surface area contributed by atoms with Crippen molar-refractivity contribution in [3.05, 3.63) is 120 Å². The lowest BCUT2D eigenvalue weighted by atomic mass is 10.1. The standard InChI is InChI=1S/C35H33N5O4/c1-43-31-14-8-11-27(33(31)44-22-23-9-2-3-10-23)35(42)39-26-16-15-24-19-25(21-38-30(24)20-26)34(41)40-32(28-12-4-6-17-36-28)29-13-5-7-18-37-29/h4-8,11-21,23,32H,2-3,9-10,22H2,1H3,(H,39,42)(H,40,41). The van der Waals surface area contributed by atoms with Gasteiger partial charge in [0, 0.05) is 29.7 Å². The topological polar surface area (TPSA) is 115 Å². The van der Waals surface area contributed by atoms with Crippen molar-refractivity contribution in [1.29, 1.82) is 0 Å². The molecule has 44 heavy (non-hydrogen) atoms. The van der Waals surface area contributed by atoms with Crippen molar-refractivity contribution in [3.63, 3.8) is 0 Å². The number of benzene rings is 2. The maximum absolute atomic E-state index is 13.4. The number of nitrogens with zero attached hydrogens (tertiary/aromatic N) is 3. The summed E-state index contributed by atoms with van der Waals surface area (Å²) < 4.78 is 11.7. The molecule has 0 unspecified atom stereocenters. The Morgan fingerprint density at radius 3 is 2.30 bits per heavy atom. The summed E-state index contributed by atoms with van der Waals surface area (Å²) in [7, 11) is 1.57. The van der Waals surface area contributed by atoms with Gasteiger partial charge in [-0.3, -0.25) is 24.5 Å². The summed E-state index contributed by atoms with van der Waals surface area (Å²) in [5.41, 5.74) is 3.36. The molecule has 9 nitrogen and oxygen atoms in total. The van der Waals surface area contributed by atoms with Crippen LogP contribution in [0.5, 0.6) is 11.5 Å². The minimum Gasteiger partial charge on any atom is -0.493 e. The van der Waals surface area contributed by atoms with Gasteiger partial charge in [0.15, 0.2) is 11.5 Å². The minimum atomic E-state index is -0.526. The third-order valence-electron chi connectivity index (χ3n) is 7.83. The van der Waals surface area contributed by atoms with Gasteiger partial charge in [-0.25, -0.2) is 0 Å². The Morgan fingerprint density at radius 2 is 1.61 bits per heavy atom. The number of pyridine rings is 3. The lowest BCUT2D eigenvalue weighted by Gasteiger charge is -2.18. The average molecular weight is 588 g/mol. The van der Waals surface area contributed by atoms with E-state index in [2.05, 4.69) is 25.6 Å². The molecule has 1 aliphatic rings. The van der Waals surface area contributed by atoms with Crippen LogP contribution < -0.4 is 20.1 Å². The summed E-state index contributed by atoms with van der Waals surface area (Å²) in [6.45, 7) is 0.556. The molecule has 3 aromatic heterocycles. The highest BCUT2D eigenvalue weighted by molar-refractivity contribution is 6.07. The number of nitrogens with one attached hydrogen (secondary N) is 2. The van der Waals surface area contributed by atoms with Crippen LogP contribution in [-0.4, -0.2) is 40.5 Å². The second-order valence-corrected chi connectivity index (χ2v) is 10.8. The van der Waals surface area contributed by atoms with Crippen LogP contribution in [0.25, 0.3) is 10.9 Å². The highest BCUT2D eigenvalue weighted by Gasteiger charge is 2.22. The molecule has 6 rings (SSSR count). The van der Waals surface area contributed by atoms with Crippen LogP contribution in [-0.2, 0) is 0 Å². The molecule has 0 atom stereocenters. The molecule has 2 N–H and O–H groups in total. The Hall–Kier alpha value is -5.31. The normalized spacial score (nSPS) is 13.1. The molecule has 0 saturated heterocycles. The fourth-order valence-electron chi connectivity index (χ4n) is 5.51. The number of rotatable bonds is 10. The number of hydrogen-bond donors (Lipinski definition) is 2. The van der Waals surface area contributed by atoms with Gasteiger partial charge in [-0.05, 0) is 73.4 Å². The molecular weight excluding hydrogens is 554 g/mol. The van der Waals surface area contributed by atoms with Crippen molar-refractivity contribution < 1.29 is 19.1 Å². The van der Waals surface area contributed by atoms with Crippen LogP contribution in [0, 0.1) is 5.92 Å². The molecule has 9 heteroatoms. The quantitative estimate of drug-likeness (QED) is 0.195. The smallest absolute Gasteiger partial charge is 0.259 e. The Kier molecular flexibility index (Phi) is 8.72. The minimum absolute atomic E-state index is 0.304. The predicted octanol–water partition coefficient (Wildman–Crippen LogP) is 6.37. The van der Waals surface area contributed by atoms with Crippen molar-refractivity contribution in [3.8, 4) is 11.5 Å². The molecule has 1 saturated carbocycles. The van der Waals surface area contributed by atoms with Gasteiger partial charge in [-0.15, -0.1) is 0 Å². The number of carbonyl (C=O) groups is 2. The van der Waals surface area contributed by atoms with Gasteiger partial charge in [0.25, 0.3) is 11.8 Å². The average Bonchev–Trinajstić information content (AvgIpc) is 3.60. The molecule has 0 bridgehead atoms. The maximum atomic E-state index is 13.4. The molecule has 0 aliphatic heterocycles. The van der Waals surface area contributed by atoms with E-state index in [1.54, 1.807) is 55.9 Å². The number of para-hydroxylation sites is 1. The van der Waals surface area contributed by atoms with Gasteiger partial charge in [-0.2, -0.15) is 0 Å². The molecule has 2 amide bonds. The summed E-state index contributed by atoms with van der Waals surface area (Å²) >= 11 is 0. The van der Waals surface area contributed by atoms with E-state index in [-0.39, 0.29) is 11.8 Å². The number of anilines is 1.